The summed E-state index contributed by atoms with van der Waals surface area (Å²) in [6, 6.07) is 0. The second-order valence-electron chi connectivity index (χ2n) is 16.1. The van der Waals surface area contributed by atoms with Gasteiger partial charge in [-0.2, -0.15) is 0 Å². The molecule has 62 heavy (non-hydrogen) atoms. The summed E-state index contributed by atoms with van der Waals surface area (Å²) in [6.45, 7) is 6.26. The van der Waals surface area contributed by atoms with Crippen molar-refractivity contribution >= 4 is 17.9 Å². The number of esters is 3. The van der Waals surface area contributed by atoms with E-state index >= 15 is 0 Å². The number of hydrogen-bond donors (Lipinski definition) is 0. The van der Waals surface area contributed by atoms with E-state index in [1.54, 1.807) is 0 Å². The van der Waals surface area contributed by atoms with Crippen LogP contribution in [0, 0.1) is 0 Å². The van der Waals surface area contributed by atoms with Gasteiger partial charge in [-0.3, -0.25) is 14.4 Å². The fourth-order valence-corrected chi connectivity index (χ4v) is 6.47. The predicted octanol–water partition coefficient (Wildman–Crippen LogP) is 16.4. The highest BCUT2D eigenvalue weighted by Gasteiger charge is 2.19. The Balaban J connectivity index is 4.50. The van der Waals surface area contributed by atoms with E-state index in [1.165, 1.54) is 70.6 Å². The van der Waals surface area contributed by atoms with Gasteiger partial charge in [0.15, 0.2) is 6.10 Å². The van der Waals surface area contributed by atoms with E-state index in [9.17, 15) is 14.4 Å². The van der Waals surface area contributed by atoms with Gasteiger partial charge in [-0.25, -0.2) is 0 Å². The van der Waals surface area contributed by atoms with Crippen LogP contribution in [0.3, 0.4) is 0 Å². The second-order valence-corrected chi connectivity index (χ2v) is 16.1. The topological polar surface area (TPSA) is 78.9 Å². The number of carbonyl (C=O) groups excluding carboxylic acids is 3. The van der Waals surface area contributed by atoms with Gasteiger partial charge in [-0.05, 0) is 77.0 Å². The Kier molecular flexibility index (Phi) is 46.6. The predicted molar refractivity (Wildman–Crippen MR) is 265 cm³/mol. The van der Waals surface area contributed by atoms with Crippen LogP contribution in [-0.4, -0.2) is 37.2 Å². The van der Waals surface area contributed by atoms with Crippen molar-refractivity contribution in [2.45, 2.75) is 213 Å². The molecular formula is C56H90O6. The standard InChI is InChI=1S/C56H90O6/c1-4-7-10-13-16-19-22-25-26-27-28-29-32-34-37-40-43-46-49-55(58)61-52-53(62-56(59)50-47-44-41-38-35-31-24-21-18-15-12-9-6-3)51-60-54(57)48-45-42-39-36-33-30-23-20-17-14-11-8-5-2/h8-9,11-12,14-15,17-18,20-21,23-24,28-29,31,35,38,41,53H,4-7,10,13,16,19,22,25-27,30,32-34,36-37,39-40,42-52H2,1-3H3/b11-8-,12-9-,17-14-,18-15-,23-20-,24-21-,29-28-,35-31-,41-38-. The molecule has 0 saturated heterocycles. The molecular weight excluding hydrogens is 769 g/mol. The number of allylic oxidation sites excluding steroid dienone is 18. The van der Waals surface area contributed by atoms with E-state index in [4.69, 9.17) is 14.2 Å². The molecule has 0 bridgehead atoms. The highest BCUT2D eigenvalue weighted by atomic mass is 16.6. The number of hydrogen-bond acceptors (Lipinski definition) is 6. The summed E-state index contributed by atoms with van der Waals surface area (Å²) in [4.78, 5) is 37.9. The third kappa shape index (κ3) is 47.1. The number of ether oxygens (including phenoxy) is 3. The molecule has 0 radical (unpaired) electrons. The van der Waals surface area contributed by atoms with Crippen LogP contribution in [0.25, 0.3) is 0 Å². The SMILES string of the molecule is CC\C=C/C=C\C=C/C=C\C=C/CCCC(=O)OC(COC(=O)CCCCCCC\C=C/C=C\C=C/CC)COC(=O)CCCCCCC/C=C\CCCCCCCCCCC. The van der Waals surface area contributed by atoms with Crippen LogP contribution < -0.4 is 0 Å². The van der Waals surface area contributed by atoms with Gasteiger partial charge in [-0.1, -0.05) is 220 Å². The molecule has 6 nitrogen and oxygen atoms in total. The van der Waals surface area contributed by atoms with Crippen molar-refractivity contribution in [1.29, 1.82) is 0 Å². The summed E-state index contributed by atoms with van der Waals surface area (Å²) in [5.74, 6) is -1.03. The third-order valence-electron chi connectivity index (χ3n) is 10.2. The molecule has 0 amide bonds. The van der Waals surface area contributed by atoms with Crippen LogP contribution in [0.2, 0.25) is 0 Å². The maximum atomic E-state index is 12.7. The molecule has 0 N–H and O–H groups in total. The molecule has 0 fully saturated rings. The van der Waals surface area contributed by atoms with Crippen molar-refractivity contribution in [3.8, 4) is 0 Å². The molecule has 0 aliphatic rings. The number of unbranched alkanes of at least 4 members (excludes halogenated alkanes) is 20. The van der Waals surface area contributed by atoms with Gasteiger partial charge in [0.2, 0.25) is 0 Å². The summed E-state index contributed by atoms with van der Waals surface area (Å²) in [5, 5.41) is 0. The second kappa shape index (κ2) is 49.7. The summed E-state index contributed by atoms with van der Waals surface area (Å²) in [5.41, 5.74) is 0. The maximum absolute atomic E-state index is 12.7. The van der Waals surface area contributed by atoms with Gasteiger partial charge in [0.1, 0.15) is 13.2 Å². The number of rotatable bonds is 43. The minimum absolute atomic E-state index is 0.120. The van der Waals surface area contributed by atoms with Crippen molar-refractivity contribution in [3.05, 3.63) is 109 Å². The van der Waals surface area contributed by atoms with E-state index in [0.717, 1.165) is 89.9 Å². The average molecular weight is 859 g/mol. The Labute approximate surface area is 380 Å². The van der Waals surface area contributed by atoms with Gasteiger partial charge in [-0.15, -0.1) is 0 Å². The molecule has 0 aromatic rings. The fraction of sp³-hybridized carbons (Fsp3) is 0.625. The molecule has 6 heteroatoms. The Morgan fingerprint density at radius 2 is 0.661 bits per heavy atom. The lowest BCUT2D eigenvalue weighted by Gasteiger charge is -2.18. The van der Waals surface area contributed by atoms with Crippen molar-refractivity contribution < 1.29 is 28.6 Å². The first-order valence-corrected chi connectivity index (χ1v) is 25.0. The lowest BCUT2D eigenvalue weighted by Crippen LogP contribution is -2.30. The lowest BCUT2D eigenvalue weighted by molar-refractivity contribution is -0.167. The first kappa shape index (κ1) is 58.1. The molecule has 0 saturated carbocycles. The Hall–Kier alpha value is -3.93. The summed E-state index contributed by atoms with van der Waals surface area (Å²) in [6.07, 6.45) is 66.6. The average Bonchev–Trinajstić information content (AvgIpc) is 3.27. The molecule has 0 aromatic heterocycles. The quantitative estimate of drug-likeness (QED) is 0.0200. The van der Waals surface area contributed by atoms with Gasteiger partial charge < -0.3 is 14.2 Å². The number of carbonyl (C=O) groups is 3. The molecule has 1 unspecified atom stereocenters. The Bertz CT molecular complexity index is 1310. The molecule has 0 aliphatic carbocycles. The van der Waals surface area contributed by atoms with Crippen LogP contribution >= 0.6 is 0 Å². The van der Waals surface area contributed by atoms with Gasteiger partial charge in [0, 0.05) is 19.3 Å². The first-order valence-electron chi connectivity index (χ1n) is 25.0. The van der Waals surface area contributed by atoms with Gasteiger partial charge >= 0.3 is 17.9 Å². The van der Waals surface area contributed by atoms with E-state index in [-0.39, 0.29) is 31.6 Å². The van der Waals surface area contributed by atoms with Gasteiger partial charge in [0.05, 0.1) is 0 Å². The van der Waals surface area contributed by atoms with E-state index in [1.807, 2.05) is 60.8 Å². The van der Waals surface area contributed by atoms with Crippen molar-refractivity contribution in [1.82, 2.24) is 0 Å². The zero-order valence-corrected chi connectivity index (χ0v) is 39.8. The molecule has 0 spiro atoms. The molecule has 350 valence electrons. The molecule has 0 aromatic carbocycles. The Morgan fingerprint density at radius 3 is 1.08 bits per heavy atom. The van der Waals surface area contributed by atoms with Crippen LogP contribution in [-0.2, 0) is 28.6 Å². The normalized spacial score (nSPS) is 13.0. The van der Waals surface area contributed by atoms with Crippen LogP contribution in [0.1, 0.15) is 207 Å². The highest BCUT2D eigenvalue weighted by Crippen LogP contribution is 2.13. The Morgan fingerprint density at radius 1 is 0.339 bits per heavy atom. The molecule has 0 aliphatic heterocycles. The summed E-state index contributed by atoms with van der Waals surface area (Å²) >= 11 is 0. The van der Waals surface area contributed by atoms with Crippen molar-refractivity contribution in [2.24, 2.45) is 0 Å². The fourth-order valence-electron chi connectivity index (χ4n) is 6.47. The summed E-state index contributed by atoms with van der Waals surface area (Å²) < 4.78 is 16.7. The third-order valence-corrected chi connectivity index (χ3v) is 10.2. The van der Waals surface area contributed by atoms with E-state index in [0.29, 0.717) is 19.3 Å². The highest BCUT2D eigenvalue weighted by molar-refractivity contribution is 5.71. The first-order chi connectivity index (χ1) is 30.5. The minimum Gasteiger partial charge on any atom is -0.462 e. The molecule has 1 atom stereocenters. The van der Waals surface area contributed by atoms with Crippen LogP contribution in [0.15, 0.2) is 109 Å². The zero-order valence-electron chi connectivity index (χ0n) is 39.8. The minimum atomic E-state index is -0.828. The summed E-state index contributed by atoms with van der Waals surface area (Å²) in [7, 11) is 0. The van der Waals surface area contributed by atoms with Crippen molar-refractivity contribution in [2.75, 3.05) is 13.2 Å². The smallest absolute Gasteiger partial charge is 0.306 e. The zero-order chi connectivity index (χ0) is 45.1. The van der Waals surface area contributed by atoms with E-state index < -0.39 is 12.1 Å². The lowest BCUT2D eigenvalue weighted by atomic mass is 10.1. The van der Waals surface area contributed by atoms with Crippen LogP contribution in [0.4, 0.5) is 0 Å². The van der Waals surface area contributed by atoms with Gasteiger partial charge in [0.25, 0.3) is 0 Å². The van der Waals surface area contributed by atoms with E-state index in [2.05, 4.69) is 69.4 Å². The van der Waals surface area contributed by atoms with Crippen LogP contribution in [0.5, 0.6) is 0 Å². The maximum Gasteiger partial charge on any atom is 0.306 e. The van der Waals surface area contributed by atoms with Crippen molar-refractivity contribution in [3.63, 3.8) is 0 Å². The molecule has 0 heterocycles. The largest absolute Gasteiger partial charge is 0.462 e. The monoisotopic (exact) mass is 859 g/mol. The molecule has 0 rings (SSSR count).